The zero-order valence-corrected chi connectivity index (χ0v) is 24.7. The summed E-state index contributed by atoms with van der Waals surface area (Å²) in [5.41, 5.74) is 8.05. The van der Waals surface area contributed by atoms with Crippen LogP contribution in [0.25, 0.3) is 76.1 Å². The van der Waals surface area contributed by atoms with Crippen LogP contribution in [0.15, 0.2) is 138 Å². The van der Waals surface area contributed by atoms with Crippen molar-refractivity contribution < 1.29 is 0 Å². The second-order valence-electron chi connectivity index (χ2n) is 10.2. The number of hydrogen-bond donors (Lipinski definition) is 0. The molecule has 3 aromatic heterocycles. The Morgan fingerprint density at radius 3 is 2.17 bits per heavy atom. The van der Waals surface area contributed by atoms with Gasteiger partial charge in [0.15, 0.2) is 5.82 Å². The number of hydrogen-bond acceptors (Lipinski definition) is 4. The van der Waals surface area contributed by atoms with E-state index in [-0.39, 0.29) is 0 Å². The maximum absolute atomic E-state index is 5.10. The highest BCUT2D eigenvalue weighted by Gasteiger charge is 2.14. The zero-order valence-electron chi connectivity index (χ0n) is 22.3. The number of halogens is 1. The molecule has 5 aromatic carbocycles. The number of benzene rings is 5. The van der Waals surface area contributed by atoms with Gasteiger partial charge < -0.3 is 0 Å². The number of thiophene rings is 1. The third-order valence-electron chi connectivity index (χ3n) is 7.58. The molecule has 0 aliphatic rings. The van der Waals surface area contributed by atoms with Crippen molar-refractivity contribution in [3.05, 3.63) is 138 Å². The van der Waals surface area contributed by atoms with Crippen LogP contribution in [0.4, 0.5) is 0 Å². The molecule has 3 nitrogen and oxygen atoms in total. The highest BCUT2D eigenvalue weighted by Crippen LogP contribution is 2.38. The number of pyridine rings is 1. The normalized spacial score (nSPS) is 11.5. The minimum Gasteiger partial charge on any atom is -0.256 e. The number of nitrogens with zero attached hydrogens (tertiary/aromatic N) is 3. The third-order valence-corrected chi connectivity index (χ3v) is 9.19. The Labute approximate surface area is 255 Å². The van der Waals surface area contributed by atoms with E-state index in [0.29, 0.717) is 5.82 Å². The van der Waals surface area contributed by atoms with E-state index in [1.807, 2.05) is 47.9 Å². The van der Waals surface area contributed by atoms with Gasteiger partial charge in [0, 0.05) is 52.9 Å². The summed E-state index contributed by atoms with van der Waals surface area (Å²) >= 11 is 5.61. The summed E-state index contributed by atoms with van der Waals surface area (Å²) in [7, 11) is 0. The first-order valence-corrected chi connectivity index (χ1v) is 15.3. The smallest absolute Gasteiger partial charge is 0.160 e. The third kappa shape index (κ3) is 4.48. The van der Waals surface area contributed by atoms with Crippen molar-refractivity contribution in [2.75, 3.05) is 0 Å². The maximum atomic E-state index is 5.10. The van der Waals surface area contributed by atoms with Crippen molar-refractivity contribution in [1.29, 1.82) is 0 Å². The Morgan fingerprint density at radius 1 is 0.500 bits per heavy atom. The van der Waals surface area contributed by atoms with E-state index in [2.05, 4.69) is 118 Å². The van der Waals surface area contributed by atoms with Gasteiger partial charge in [-0.15, -0.1) is 11.3 Å². The second kappa shape index (κ2) is 10.3. The van der Waals surface area contributed by atoms with E-state index >= 15 is 0 Å². The Balaban J connectivity index is 1.33. The summed E-state index contributed by atoms with van der Waals surface area (Å²) in [6.45, 7) is 0. The SMILES string of the molecule is Brc1cc(-c2cc(-c3ccc4sc5ccccc5c4c3)nc(-c3ccccc3)n2)cc(-c2cccc3ncccc23)c1. The fraction of sp³-hybridized carbons (Fsp3) is 0. The lowest BCUT2D eigenvalue weighted by atomic mass is 9.97. The average Bonchev–Trinajstić information content (AvgIpc) is 3.42. The molecule has 8 aromatic rings. The van der Waals surface area contributed by atoms with Gasteiger partial charge in [-0.3, -0.25) is 4.98 Å². The van der Waals surface area contributed by atoms with E-state index in [1.165, 1.54) is 20.2 Å². The first kappa shape index (κ1) is 25.0. The molecule has 0 radical (unpaired) electrons. The molecule has 0 spiro atoms. The Kier molecular flexibility index (Phi) is 6.13. The fourth-order valence-electron chi connectivity index (χ4n) is 5.59. The molecule has 8 rings (SSSR count). The topological polar surface area (TPSA) is 38.7 Å². The molecule has 0 unspecified atom stereocenters. The predicted octanol–water partition coefficient (Wildman–Crippen LogP) is 10.8. The Morgan fingerprint density at radius 2 is 1.26 bits per heavy atom. The van der Waals surface area contributed by atoms with E-state index in [1.54, 1.807) is 0 Å². The fourth-order valence-corrected chi connectivity index (χ4v) is 7.17. The largest absolute Gasteiger partial charge is 0.256 e. The molecule has 0 amide bonds. The standard InChI is InChI=1S/C37H22BrN3S/c38-27-19-25(28-11-6-13-32-29(28)12-7-17-39-32)18-26(20-27)34-22-33(40-37(41-34)23-8-2-1-3-9-23)24-15-16-36-31(21-24)30-10-4-5-14-35(30)42-36/h1-22H. The van der Waals surface area contributed by atoms with E-state index in [4.69, 9.17) is 9.97 Å². The monoisotopic (exact) mass is 619 g/mol. The molecule has 3 heterocycles. The summed E-state index contributed by atoms with van der Waals surface area (Å²) in [4.78, 5) is 14.8. The highest BCUT2D eigenvalue weighted by atomic mass is 79.9. The van der Waals surface area contributed by atoms with Gasteiger partial charge in [-0.2, -0.15) is 0 Å². The Bertz CT molecular complexity index is 2270. The Hall–Kier alpha value is -4.71. The maximum Gasteiger partial charge on any atom is 0.160 e. The average molecular weight is 621 g/mol. The van der Waals surface area contributed by atoms with Crippen LogP contribution in [-0.2, 0) is 0 Å². The van der Waals surface area contributed by atoms with Crippen LogP contribution in [0, 0.1) is 0 Å². The summed E-state index contributed by atoms with van der Waals surface area (Å²) < 4.78 is 3.56. The van der Waals surface area contributed by atoms with Gasteiger partial charge in [0.1, 0.15) is 0 Å². The highest BCUT2D eigenvalue weighted by molar-refractivity contribution is 9.10. The predicted molar refractivity (Wildman–Crippen MR) is 180 cm³/mol. The van der Waals surface area contributed by atoms with Crippen LogP contribution in [0.1, 0.15) is 0 Å². The van der Waals surface area contributed by atoms with E-state index in [9.17, 15) is 0 Å². The minimum atomic E-state index is 0.703. The summed E-state index contributed by atoms with van der Waals surface area (Å²) in [5.74, 6) is 0.703. The molecule has 0 fully saturated rings. The van der Waals surface area contributed by atoms with Crippen molar-refractivity contribution >= 4 is 58.3 Å². The lowest BCUT2D eigenvalue weighted by molar-refractivity contribution is 1.18. The molecule has 198 valence electrons. The van der Waals surface area contributed by atoms with Crippen molar-refractivity contribution in [2.24, 2.45) is 0 Å². The van der Waals surface area contributed by atoms with Crippen molar-refractivity contribution in [3.8, 4) is 45.0 Å². The van der Waals surface area contributed by atoms with Gasteiger partial charge in [-0.05, 0) is 65.7 Å². The zero-order chi connectivity index (χ0) is 28.0. The molecular formula is C37H22BrN3S. The van der Waals surface area contributed by atoms with Crippen LogP contribution in [0.2, 0.25) is 0 Å². The van der Waals surface area contributed by atoms with E-state index < -0.39 is 0 Å². The quantitative estimate of drug-likeness (QED) is 0.197. The molecule has 5 heteroatoms. The number of aromatic nitrogens is 3. The van der Waals surface area contributed by atoms with Gasteiger partial charge in [0.25, 0.3) is 0 Å². The molecule has 0 saturated carbocycles. The van der Waals surface area contributed by atoms with Crippen LogP contribution in [0.5, 0.6) is 0 Å². The van der Waals surface area contributed by atoms with Gasteiger partial charge in [-0.1, -0.05) is 88.7 Å². The van der Waals surface area contributed by atoms with Crippen molar-refractivity contribution in [3.63, 3.8) is 0 Å². The van der Waals surface area contributed by atoms with Gasteiger partial charge in [0.05, 0.1) is 16.9 Å². The van der Waals surface area contributed by atoms with Crippen LogP contribution < -0.4 is 0 Å². The number of fused-ring (bicyclic) bond motifs is 4. The molecule has 42 heavy (non-hydrogen) atoms. The molecule has 0 bridgehead atoms. The molecule has 0 atom stereocenters. The van der Waals surface area contributed by atoms with Gasteiger partial charge in [-0.25, -0.2) is 9.97 Å². The van der Waals surface area contributed by atoms with E-state index in [0.717, 1.165) is 54.6 Å². The van der Waals surface area contributed by atoms with Crippen LogP contribution >= 0.6 is 27.3 Å². The molecule has 0 saturated heterocycles. The lowest BCUT2D eigenvalue weighted by Gasteiger charge is -2.12. The minimum absolute atomic E-state index is 0.703. The summed E-state index contributed by atoms with van der Waals surface area (Å²) in [6.07, 6.45) is 1.84. The first-order valence-electron chi connectivity index (χ1n) is 13.7. The molecule has 0 aliphatic carbocycles. The van der Waals surface area contributed by atoms with Crippen molar-refractivity contribution in [1.82, 2.24) is 15.0 Å². The lowest BCUT2D eigenvalue weighted by Crippen LogP contribution is -1.96. The molecule has 0 N–H and O–H groups in total. The molecule has 0 aliphatic heterocycles. The summed E-state index contributed by atoms with van der Waals surface area (Å²) in [5, 5.41) is 3.65. The van der Waals surface area contributed by atoms with Crippen molar-refractivity contribution in [2.45, 2.75) is 0 Å². The first-order chi connectivity index (χ1) is 20.7. The van der Waals surface area contributed by atoms with Gasteiger partial charge in [0.2, 0.25) is 0 Å². The second-order valence-corrected chi connectivity index (χ2v) is 12.2. The summed E-state index contributed by atoms with van der Waals surface area (Å²) in [6, 6.07) is 44.4. The van der Waals surface area contributed by atoms with Crippen LogP contribution in [0.3, 0.4) is 0 Å². The number of rotatable bonds is 4. The van der Waals surface area contributed by atoms with Gasteiger partial charge >= 0.3 is 0 Å². The molecular weight excluding hydrogens is 598 g/mol. The van der Waals surface area contributed by atoms with Crippen LogP contribution in [-0.4, -0.2) is 15.0 Å².